The van der Waals surface area contributed by atoms with Gasteiger partial charge in [-0.15, -0.1) is 5.10 Å². The smallest absolute Gasteiger partial charge is 0.335 e. The molecule has 1 unspecified atom stereocenters. The third kappa shape index (κ3) is 3.08. The molecule has 0 saturated carbocycles. The number of aromatic nitrogens is 3. The van der Waals surface area contributed by atoms with E-state index in [9.17, 15) is 9.59 Å². The molecular weight excluding hydrogens is 296 g/mol. The van der Waals surface area contributed by atoms with Crippen LogP contribution in [0.3, 0.4) is 0 Å². The van der Waals surface area contributed by atoms with E-state index in [4.69, 9.17) is 5.11 Å². The lowest BCUT2D eigenvalue weighted by molar-refractivity contribution is 0.0696. The molecule has 2 aromatic rings. The summed E-state index contributed by atoms with van der Waals surface area (Å²) < 4.78 is 1.42. The Balaban J connectivity index is 1.75. The minimum atomic E-state index is -0.929. The highest BCUT2D eigenvalue weighted by molar-refractivity contribution is 5.92. The molecule has 1 aliphatic rings. The molecule has 0 saturated heterocycles. The Morgan fingerprint density at radius 3 is 2.96 bits per heavy atom. The number of carboxylic acids is 1. The zero-order chi connectivity index (χ0) is 16.4. The van der Waals surface area contributed by atoms with Crippen LogP contribution >= 0.6 is 0 Å². The van der Waals surface area contributed by atoms with Gasteiger partial charge in [0.25, 0.3) is 5.91 Å². The van der Waals surface area contributed by atoms with Crippen molar-refractivity contribution in [3.05, 3.63) is 46.8 Å². The number of benzene rings is 1. The Morgan fingerprint density at radius 2 is 2.26 bits per heavy atom. The predicted octanol–water partition coefficient (Wildman–Crippen LogP) is 1.36. The molecule has 0 radical (unpaired) electrons. The minimum Gasteiger partial charge on any atom is -0.478 e. The van der Waals surface area contributed by atoms with Crippen LogP contribution in [-0.4, -0.2) is 38.5 Å². The van der Waals surface area contributed by atoms with Gasteiger partial charge in [-0.1, -0.05) is 11.3 Å². The van der Waals surface area contributed by atoms with E-state index in [2.05, 4.69) is 15.6 Å². The summed E-state index contributed by atoms with van der Waals surface area (Å²) in [6, 6.07) is 5.26. The van der Waals surface area contributed by atoms with Crippen molar-refractivity contribution in [2.24, 2.45) is 7.05 Å². The largest absolute Gasteiger partial charge is 0.478 e. The van der Waals surface area contributed by atoms with E-state index < -0.39 is 5.97 Å². The van der Waals surface area contributed by atoms with Gasteiger partial charge in [0.1, 0.15) is 5.69 Å². The Kier molecular flexibility index (Phi) is 4.10. The molecule has 1 heterocycles. The molecule has 1 aliphatic carbocycles. The van der Waals surface area contributed by atoms with Crippen LogP contribution in [0, 0.1) is 0 Å². The van der Waals surface area contributed by atoms with Crippen LogP contribution in [0.1, 0.15) is 50.7 Å². The van der Waals surface area contributed by atoms with Gasteiger partial charge in [0.05, 0.1) is 11.8 Å². The quantitative estimate of drug-likeness (QED) is 0.888. The first kappa shape index (κ1) is 15.2. The van der Waals surface area contributed by atoms with Crippen LogP contribution in [-0.2, 0) is 13.5 Å². The van der Waals surface area contributed by atoms with E-state index in [0.717, 1.165) is 24.8 Å². The number of nitrogens with zero attached hydrogens (tertiary/aromatic N) is 3. The summed E-state index contributed by atoms with van der Waals surface area (Å²) in [5.41, 5.74) is 2.89. The normalized spacial score (nSPS) is 16.7. The summed E-state index contributed by atoms with van der Waals surface area (Å²) in [6.45, 7) is 0.472. The number of carbonyl (C=O) groups excluding carboxylic acids is 1. The third-order valence-electron chi connectivity index (χ3n) is 4.29. The lowest BCUT2D eigenvalue weighted by Gasteiger charge is -2.26. The number of carbonyl (C=O) groups is 2. The first-order valence-electron chi connectivity index (χ1n) is 7.55. The number of nitrogens with one attached hydrogen (secondary N) is 1. The third-order valence-corrected chi connectivity index (χ3v) is 4.29. The summed E-state index contributed by atoms with van der Waals surface area (Å²) >= 11 is 0. The van der Waals surface area contributed by atoms with Gasteiger partial charge in [-0.05, 0) is 42.5 Å². The predicted molar refractivity (Wildman–Crippen MR) is 82.4 cm³/mol. The van der Waals surface area contributed by atoms with E-state index in [1.807, 2.05) is 6.07 Å². The van der Waals surface area contributed by atoms with Gasteiger partial charge in [0, 0.05) is 19.5 Å². The second-order valence-corrected chi connectivity index (χ2v) is 5.76. The molecule has 1 amide bonds. The molecule has 1 atom stereocenters. The SMILES string of the molecule is Cn1nncc1C(=O)NCC1CCCc2ccc(C(=O)O)cc21. The average molecular weight is 314 g/mol. The molecule has 1 aromatic carbocycles. The number of carboxylic acid groups (broad SMARTS) is 1. The molecule has 23 heavy (non-hydrogen) atoms. The number of hydrogen-bond acceptors (Lipinski definition) is 4. The first-order chi connectivity index (χ1) is 11.1. The fourth-order valence-corrected chi connectivity index (χ4v) is 3.04. The highest BCUT2D eigenvalue weighted by Crippen LogP contribution is 2.32. The van der Waals surface area contributed by atoms with Crippen LogP contribution in [0.4, 0.5) is 0 Å². The van der Waals surface area contributed by atoms with E-state index >= 15 is 0 Å². The number of fused-ring (bicyclic) bond motifs is 1. The van der Waals surface area contributed by atoms with Crippen molar-refractivity contribution in [1.29, 1.82) is 0 Å². The Bertz CT molecular complexity index is 754. The van der Waals surface area contributed by atoms with Crippen LogP contribution in [0.15, 0.2) is 24.4 Å². The zero-order valence-corrected chi connectivity index (χ0v) is 12.8. The van der Waals surface area contributed by atoms with Crippen LogP contribution in [0.5, 0.6) is 0 Å². The highest BCUT2D eigenvalue weighted by Gasteiger charge is 2.23. The second kappa shape index (κ2) is 6.20. The lowest BCUT2D eigenvalue weighted by atomic mass is 9.82. The van der Waals surface area contributed by atoms with Gasteiger partial charge in [-0.25, -0.2) is 9.48 Å². The van der Waals surface area contributed by atoms with E-state index in [-0.39, 0.29) is 17.4 Å². The Labute approximate surface area is 133 Å². The summed E-state index contributed by atoms with van der Waals surface area (Å²) in [5, 5.41) is 19.5. The number of hydrogen-bond donors (Lipinski definition) is 2. The van der Waals surface area contributed by atoms with E-state index in [1.54, 1.807) is 19.2 Å². The van der Waals surface area contributed by atoms with Crippen LogP contribution in [0.25, 0.3) is 0 Å². The van der Waals surface area contributed by atoms with Crippen molar-refractivity contribution in [3.8, 4) is 0 Å². The molecule has 1 aromatic heterocycles. The topological polar surface area (TPSA) is 97.1 Å². The van der Waals surface area contributed by atoms with Gasteiger partial charge in [-0.3, -0.25) is 4.79 Å². The van der Waals surface area contributed by atoms with Crippen molar-refractivity contribution in [2.45, 2.75) is 25.2 Å². The maximum atomic E-state index is 12.2. The van der Waals surface area contributed by atoms with Gasteiger partial charge in [-0.2, -0.15) is 0 Å². The Morgan fingerprint density at radius 1 is 1.43 bits per heavy atom. The molecule has 0 fully saturated rings. The molecule has 7 nitrogen and oxygen atoms in total. The Hall–Kier alpha value is -2.70. The van der Waals surface area contributed by atoms with Crippen molar-refractivity contribution in [2.75, 3.05) is 6.54 Å². The molecule has 7 heteroatoms. The summed E-state index contributed by atoms with van der Waals surface area (Å²) in [5.74, 6) is -1.02. The monoisotopic (exact) mass is 314 g/mol. The van der Waals surface area contributed by atoms with Crippen molar-refractivity contribution in [1.82, 2.24) is 20.3 Å². The van der Waals surface area contributed by atoms with Crippen molar-refractivity contribution >= 4 is 11.9 Å². The number of aromatic carboxylic acids is 1. The maximum Gasteiger partial charge on any atom is 0.335 e. The zero-order valence-electron chi connectivity index (χ0n) is 12.8. The number of aryl methyl sites for hydroxylation is 2. The average Bonchev–Trinajstić information content (AvgIpc) is 2.98. The molecule has 0 spiro atoms. The molecule has 120 valence electrons. The van der Waals surface area contributed by atoms with Gasteiger partial charge in [0.2, 0.25) is 0 Å². The summed E-state index contributed by atoms with van der Waals surface area (Å²) in [7, 11) is 1.66. The summed E-state index contributed by atoms with van der Waals surface area (Å²) in [4.78, 5) is 23.3. The van der Waals surface area contributed by atoms with Crippen molar-refractivity contribution in [3.63, 3.8) is 0 Å². The molecule has 0 aliphatic heterocycles. The van der Waals surface area contributed by atoms with Gasteiger partial charge < -0.3 is 10.4 Å². The fourth-order valence-electron chi connectivity index (χ4n) is 3.04. The second-order valence-electron chi connectivity index (χ2n) is 5.76. The summed E-state index contributed by atoms with van der Waals surface area (Å²) in [6.07, 6.45) is 4.34. The molecule has 0 bridgehead atoms. The van der Waals surface area contributed by atoms with Gasteiger partial charge >= 0.3 is 5.97 Å². The molecular formula is C16H18N4O3. The fraction of sp³-hybridized carbons (Fsp3) is 0.375. The standard InChI is InChI=1S/C16H18N4O3/c1-20-14(9-18-19-20)15(21)17-8-12-4-2-3-10-5-6-11(16(22)23)7-13(10)12/h5-7,9,12H,2-4,8H2,1H3,(H,17,21)(H,22,23). The van der Waals surface area contributed by atoms with Crippen LogP contribution in [0.2, 0.25) is 0 Å². The lowest BCUT2D eigenvalue weighted by Crippen LogP contribution is -2.31. The van der Waals surface area contributed by atoms with E-state index in [0.29, 0.717) is 12.2 Å². The van der Waals surface area contributed by atoms with E-state index in [1.165, 1.54) is 16.4 Å². The van der Waals surface area contributed by atoms with Crippen LogP contribution < -0.4 is 5.32 Å². The highest BCUT2D eigenvalue weighted by atomic mass is 16.4. The minimum absolute atomic E-state index is 0.128. The van der Waals surface area contributed by atoms with Gasteiger partial charge in [0.15, 0.2) is 0 Å². The maximum absolute atomic E-state index is 12.2. The number of rotatable bonds is 4. The van der Waals surface area contributed by atoms with Crippen molar-refractivity contribution < 1.29 is 14.7 Å². The first-order valence-corrected chi connectivity index (χ1v) is 7.55. The molecule has 3 rings (SSSR count). The molecule has 2 N–H and O–H groups in total. The number of amides is 1.